The first-order valence-electron chi connectivity index (χ1n) is 10.4. The van der Waals surface area contributed by atoms with Crippen LogP contribution < -0.4 is 10.6 Å². The summed E-state index contributed by atoms with van der Waals surface area (Å²) >= 11 is 5.99. The lowest BCUT2D eigenvalue weighted by Gasteiger charge is -2.36. The van der Waals surface area contributed by atoms with Gasteiger partial charge < -0.3 is 20.4 Å². The number of hydrogen-bond donors (Lipinski definition) is 1. The van der Waals surface area contributed by atoms with Gasteiger partial charge in [-0.3, -0.25) is 9.79 Å². The molecular formula is C23H29ClIN5O. The summed E-state index contributed by atoms with van der Waals surface area (Å²) in [6.45, 7) is 3.97. The molecule has 2 atom stereocenters. The van der Waals surface area contributed by atoms with Crippen LogP contribution in [0, 0.1) is 5.92 Å². The first kappa shape index (κ1) is 23.7. The van der Waals surface area contributed by atoms with E-state index in [2.05, 4.69) is 26.9 Å². The molecule has 0 radical (unpaired) electrons. The average Bonchev–Trinajstić information content (AvgIpc) is 3.06. The Kier molecular flexibility index (Phi) is 8.05. The Balaban J connectivity index is 0.00000272. The molecule has 2 aliphatic rings. The van der Waals surface area contributed by atoms with Gasteiger partial charge in [0.15, 0.2) is 5.96 Å². The Labute approximate surface area is 206 Å². The predicted molar refractivity (Wildman–Crippen MR) is 137 cm³/mol. The molecule has 2 fully saturated rings. The Morgan fingerprint density at radius 2 is 1.71 bits per heavy atom. The number of likely N-dealkylation sites (tertiary alicyclic amines) is 1. The fraction of sp³-hybridized carbons (Fsp3) is 0.391. The minimum absolute atomic E-state index is 0. The van der Waals surface area contributed by atoms with Crippen LogP contribution in [0.3, 0.4) is 0 Å². The van der Waals surface area contributed by atoms with E-state index < -0.39 is 0 Å². The molecule has 166 valence electrons. The molecule has 31 heavy (non-hydrogen) atoms. The molecule has 0 spiro atoms. The van der Waals surface area contributed by atoms with Gasteiger partial charge in [-0.25, -0.2) is 0 Å². The minimum atomic E-state index is 0. The third-order valence-electron chi connectivity index (χ3n) is 6.12. The molecule has 1 amide bonds. The van der Waals surface area contributed by atoms with Crippen LogP contribution in [0.15, 0.2) is 59.6 Å². The van der Waals surface area contributed by atoms with Crippen molar-refractivity contribution in [3.63, 3.8) is 0 Å². The number of carbonyl (C=O) groups excluding carboxylic acids is 1. The summed E-state index contributed by atoms with van der Waals surface area (Å²) in [4.78, 5) is 23.3. The third kappa shape index (κ3) is 5.44. The number of aliphatic imine (C=N–C) groups is 1. The van der Waals surface area contributed by atoms with Crippen molar-refractivity contribution >= 4 is 53.1 Å². The van der Waals surface area contributed by atoms with Crippen molar-refractivity contribution in [3.05, 3.63) is 65.2 Å². The number of guanidine groups is 1. The number of benzene rings is 2. The van der Waals surface area contributed by atoms with E-state index in [1.165, 1.54) is 5.69 Å². The van der Waals surface area contributed by atoms with Crippen LogP contribution in [-0.2, 0) is 4.79 Å². The monoisotopic (exact) mass is 553 g/mol. The van der Waals surface area contributed by atoms with E-state index in [1.54, 1.807) is 0 Å². The highest BCUT2D eigenvalue weighted by Gasteiger charge is 2.38. The van der Waals surface area contributed by atoms with Crippen molar-refractivity contribution in [2.45, 2.75) is 12.5 Å². The first-order valence-corrected chi connectivity index (χ1v) is 10.8. The number of rotatable bonds is 4. The molecule has 0 aromatic heterocycles. The molecule has 2 aliphatic heterocycles. The quantitative estimate of drug-likeness (QED) is 0.357. The van der Waals surface area contributed by atoms with Crippen molar-refractivity contribution in [2.24, 2.45) is 16.6 Å². The number of piperazine rings is 1. The minimum Gasteiger partial charge on any atom is -0.370 e. The third-order valence-corrected chi connectivity index (χ3v) is 6.37. The maximum atomic E-state index is 12.3. The highest BCUT2D eigenvalue weighted by molar-refractivity contribution is 14.0. The zero-order valence-corrected chi connectivity index (χ0v) is 20.7. The summed E-state index contributed by atoms with van der Waals surface area (Å²) in [5.74, 6) is 0.873. The van der Waals surface area contributed by atoms with Gasteiger partial charge in [0.2, 0.25) is 5.91 Å². The summed E-state index contributed by atoms with van der Waals surface area (Å²) in [5, 5.41) is 0.749. The van der Waals surface area contributed by atoms with E-state index in [-0.39, 0.29) is 41.8 Å². The van der Waals surface area contributed by atoms with Crippen LogP contribution in [0.25, 0.3) is 0 Å². The number of anilines is 1. The number of nitrogens with zero attached hydrogens (tertiary/aromatic N) is 4. The SMILES string of the molecule is CN1C(=O)CC(CN=C(N)N2CCN(c3ccc(Cl)cc3)CC2)C1c1ccccc1.I. The highest BCUT2D eigenvalue weighted by Crippen LogP contribution is 2.37. The van der Waals surface area contributed by atoms with Crippen LogP contribution in [0.2, 0.25) is 5.02 Å². The van der Waals surface area contributed by atoms with E-state index in [4.69, 9.17) is 17.3 Å². The van der Waals surface area contributed by atoms with E-state index in [0.717, 1.165) is 36.8 Å². The molecule has 0 aliphatic carbocycles. The molecule has 2 aromatic carbocycles. The molecule has 2 aromatic rings. The lowest BCUT2D eigenvalue weighted by atomic mass is 9.94. The summed E-state index contributed by atoms with van der Waals surface area (Å²) in [7, 11) is 1.88. The van der Waals surface area contributed by atoms with Crippen molar-refractivity contribution < 1.29 is 4.79 Å². The fourth-order valence-electron chi connectivity index (χ4n) is 4.42. The summed E-state index contributed by atoms with van der Waals surface area (Å²) in [6, 6.07) is 18.2. The second-order valence-corrected chi connectivity index (χ2v) is 8.41. The molecular weight excluding hydrogens is 525 g/mol. The summed E-state index contributed by atoms with van der Waals surface area (Å²) in [5.41, 5.74) is 8.65. The summed E-state index contributed by atoms with van der Waals surface area (Å²) < 4.78 is 0. The van der Waals surface area contributed by atoms with E-state index >= 15 is 0 Å². The van der Waals surface area contributed by atoms with Gasteiger partial charge in [-0.15, -0.1) is 24.0 Å². The molecule has 2 N–H and O–H groups in total. The van der Waals surface area contributed by atoms with Gasteiger partial charge in [0.05, 0.1) is 6.04 Å². The Morgan fingerprint density at radius 3 is 2.35 bits per heavy atom. The molecule has 4 rings (SSSR count). The maximum Gasteiger partial charge on any atom is 0.223 e. The average molecular weight is 554 g/mol. The topological polar surface area (TPSA) is 65.2 Å². The van der Waals surface area contributed by atoms with Gasteiger partial charge in [0, 0.05) is 62.8 Å². The molecule has 0 bridgehead atoms. The number of halogens is 2. The molecule has 0 saturated carbocycles. The van der Waals surface area contributed by atoms with Gasteiger partial charge in [-0.2, -0.15) is 0 Å². The largest absolute Gasteiger partial charge is 0.370 e. The lowest BCUT2D eigenvalue weighted by Crippen LogP contribution is -2.51. The van der Waals surface area contributed by atoms with Gasteiger partial charge in [-0.1, -0.05) is 41.9 Å². The molecule has 2 unspecified atom stereocenters. The lowest BCUT2D eigenvalue weighted by molar-refractivity contribution is -0.127. The molecule has 2 saturated heterocycles. The molecule has 8 heteroatoms. The molecule has 2 heterocycles. The van der Waals surface area contributed by atoms with Crippen LogP contribution >= 0.6 is 35.6 Å². The van der Waals surface area contributed by atoms with Gasteiger partial charge in [0.25, 0.3) is 0 Å². The van der Waals surface area contributed by atoms with E-state index in [0.29, 0.717) is 18.9 Å². The van der Waals surface area contributed by atoms with Crippen LogP contribution in [0.5, 0.6) is 0 Å². The fourth-order valence-corrected chi connectivity index (χ4v) is 4.54. The van der Waals surface area contributed by atoms with Crippen molar-refractivity contribution in [1.82, 2.24) is 9.80 Å². The standard InChI is InChI=1S/C23H28ClN5O.HI/c1-27-21(30)15-18(22(27)17-5-3-2-4-6-17)16-26-23(25)29-13-11-28(12-14-29)20-9-7-19(24)8-10-20;/h2-10,18,22H,11-16H2,1H3,(H2,25,26);1H. The van der Waals surface area contributed by atoms with Crippen LogP contribution in [-0.4, -0.2) is 61.4 Å². The van der Waals surface area contributed by atoms with E-state index in [1.807, 2.05) is 54.4 Å². The second kappa shape index (κ2) is 10.5. The van der Waals surface area contributed by atoms with Gasteiger partial charge in [0.1, 0.15) is 0 Å². The zero-order chi connectivity index (χ0) is 21.1. The molecule has 6 nitrogen and oxygen atoms in total. The Bertz CT molecular complexity index is 900. The number of hydrogen-bond acceptors (Lipinski definition) is 3. The van der Waals surface area contributed by atoms with Gasteiger partial charge >= 0.3 is 0 Å². The maximum absolute atomic E-state index is 12.3. The van der Waals surface area contributed by atoms with Crippen molar-refractivity contribution in [2.75, 3.05) is 44.7 Å². The van der Waals surface area contributed by atoms with Crippen molar-refractivity contribution in [3.8, 4) is 0 Å². The van der Waals surface area contributed by atoms with E-state index in [9.17, 15) is 4.79 Å². The first-order chi connectivity index (χ1) is 14.5. The number of nitrogens with two attached hydrogens (primary N) is 1. The number of carbonyl (C=O) groups is 1. The Hall–Kier alpha value is -2.00. The smallest absolute Gasteiger partial charge is 0.223 e. The summed E-state index contributed by atoms with van der Waals surface area (Å²) in [6.07, 6.45) is 0.511. The highest BCUT2D eigenvalue weighted by atomic mass is 127. The Morgan fingerprint density at radius 1 is 1.06 bits per heavy atom. The predicted octanol–water partition coefficient (Wildman–Crippen LogP) is 3.61. The number of amides is 1. The van der Waals surface area contributed by atoms with Crippen LogP contribution in [0.1, 0.15) is 18.0 Å². The van der Waals surface area contributed by atoms with Crippen LogP contribution in [0.4, 0.5) is 5.69 Å². The van der Waals surface area contributed by atoms with Gasteiger partial charge in [-0.05, 0) is 29.8 Å². The zero-order valence-electron chi connectivity index (χ0n) is 17.7. The second-order valence-electron chi connectivity index (χ2n) is 7.97. The normalized spacial score (nSPS) is 21.9. The van der Waals surface area contributed by atoms with Crippen molar-refractivity contribution in [1.29, 1.82) is 0 Å².